The Bertz CT molecular complexity index is 249. The van der Waals surface area contributed by atoms with Gasteiger partial charge in [0.25, 0.3) is 6.47 Å². The molecule has 0 spiro atoms. The van der Waals surface area contributed by atoms with Crippen LogP contribution in [0, 0.1) is 0 Å². The van der Waals surface area contributed by atoms with Gasteiger partial charge in [-0.15, -0.1) is 11.3 Å². The molecule has 0 saturated carbocycles. The lowest BCUT2D eigenvalue weighted by Crippen LogP contribution is -2.14. The third-order valence-corrected chi connectivity index (χ3v) is 2.84. The van der Waals surface area contributed by atoms with Crippen molar-refractivity contribution in [1.29, 1.82) is 0 Å². The molecule has 14 heavy (non-hydrogen) atoms. The third kappa shape index (κ3) is 3.87. The summed E-state index contributed by atoms with van der Waals surface area (Å²) in [6.07, 6.45) is 5.81. The number of hydrogen-bond acceptors (Lipinski definition) is 4. The van der Waals surface area contributed by atoms with E-state index in [9.17, 15) is 4.79 Å². The summed E-state index contributed by atoms with van der Waals surface area (Å²) in [4.78, 5) is 15.4. The molecule has 0 bridgehead atoms. The largest absolute Gasteiger partial charge is 0.464 e. The Morgan fingerprint density at radius 1 is 1.71 bits per heavy atom. The van der Waals surface area contributed by atoms with Crippen molar-refractivity contribution in [3.63, 3.8) is 0 Å². The highest BCUT2D eigenvalue weighted by Gasteiger charge is 2.10. The molecular weight excluding hydrogens is 198 g/mol. The molecule has 1 unspecified atom stereocenters. The molecule has 0 aromatic carbocycles. The highest BCUT2D eigenvalue weighted by atomic mass is 32.1. The summed E-state index contributed by atoms with van der Waals surface area (Å²) in [6, 6.07) is 0. The van der Waals surface area contributed by atoms with Gasteiger partial charge in [-0.05, 0) is 6.42 Å². The van der Waals surface area contributed by atoms with E-state index in [1.165, 1.54) is 4.88 Å². The molecule has 1 heterocycles. The highest BCUT2D eigenvalue weighted by Crippen LogP contribution is 2.14. The fraction of sp³-hybridized carbons (Fsp3) is 0.600. The van der Waals surface area contributed by atoms with Crippen molar-refractivity contribution in [1.82, 2.24) is 4.98 Å². The van der Waals surface area contributed by atoms with Gasteiger partial charge < -0.3 is 4.74 Å². The molecule has 1 rings (SSSR count). The van der Waals surface area contributed by atoms with Gasteiger partial charge in [0.2, 0.25) is 0 Å². The first-order valence-corrected chi connectivity index (χ1v) is 5.71. The lowest BCUT2D eigenvalue weighted by Gasteiger charge is -2.12. The molecule has 4 heteroatoms. The first-order chi connectivity index (χ1) is 6.86. The lowest BCUT2D eigenvalue weighted by atomic mass is 10.1. The fourth-order valence-electron chi connectivity index (χ4n) is 1.30. The van der Waals surface area contributed by atoms with Gasteiger partial charge in [-0.1, -0.05) is 19.8 Å². The molecular formula is C10H15NO2S. The summed E-state index contributed by atoms with van der Waals surface area (Å²) >= 11 is 1.60. The zero-order valence-electron chi connectivity index (χ0n) is 8.31. The highest BCUT2D eigenvalue weighted by molar-refractivity contribution is 7.09. The van der Waals surface area contributed by atoms with Crippen LogP contribution in [0.15, 0.2) is 11.7 Å². The van der Waals surface area contributed by atoms with Crippen molar-refractivity contribution in [2.75, 3.05) is 0 Å². The smallest absolute Gasteiger partial charge is 0.293 e. The summed E-state index contributed by atoms with van der Waals surface area (Å²) in [6.45, 7) is 2.67. The van der Waals surface area contributed by atoms with E-state index in [2.05, 4.69) is 11.9 Å². The SMILES string of the molecule is CCCCC(Cc1cncs1)OC=O. The second kappa shape index (κ2) is 6.54. The van der Waals surface area contributed by atoms with E-state index >= 15 is 0 Å². The van der Waals surface area contributed by atoms with E-state index in [1.54, 1.807) is 16.8 Å². The number of hydrogen-bond donors (Lipinski definition) is 0. The van der Waals surface area contributed by atoms with Crippen molar-refractivity contribution in [2.24, 2.45) is 0 Å². The molecule has 1 atom stereocenters. The predicted molar refractivity (Wildman–Crippen MR) is 56.3 cm³/mol. The predicted octanol–water partition coefficient (Wildman–Crippen LogP) is 2.42. The Hall–Kier alpha value is -0.900. The Kier molecular flexibility index (Phi) is 5.22. The van der Waals surface area contributed by atoms with Crippen molar-refractivity contribution in [2.45, 2.75) is 38.7 Å². The molecule has 0 saturated heterocycles. The van der Waals surface area contributed by atoms with E-state index in [0.717, 1.165) is 25.7 Å². The third-order valence-electron chi connectivity index (χ3n) is 2.04. The number of rotatable bonds is 7. The number of ether oxygens (including phenoxy) is 1. The number of nitrogens with zero attached hydrogens (tertiary/aromatic N) is 1. The van der Waals surface area contributed by atoms with Crippen LogP contribution in [-0.4, -0.2) is 17.6 Å². The van der Waals surface area contributed by atoms with Gasteiger partial charge >= 0.3 is 0 Å². The molecule has 0 aliphatic heterocycles. The quantitative estimate of drug-likeness (QED) is 0.653. The topological polar surface area (TPSA) is 39.2 Å². The van der Waals surface area contributed by atoms with Crippen LogP contribution >= 0.6 is 11.3 Å². The molecule has 0 N–H and O–H groups in total. The molecule has 78 valence electrons. The van der Waals surface area contributed by atoms with Gasteiger partial charge in [0.1, 0.15) is 6.10 Å². The van der Waals surface area contributed by atoms with Crippen LogP contribution in [0.25, 0.3) is 0 Å². The van der Waals surface area contributed by atoms with Crippen LogP contribution in [0.1, 0.15) is 31.1 Å². The number of thiazole rings is 1. The van der Waals surface area contributed by atoms with Crippen molar-refractivity contribution >= 4 is 17.8 Å². The molecule has 0 aliphatic rings. The van der Waals surface area contributed by atoms with Crippen molar-refractivity contribution < 1.29 is 9.53 Å². The number of unbranched alkanes of at least 4 members (excludes halogenated alkanes) is 1. The maximum atomic E-state index is 10.3. The van der Waals surface area contributed by atoms with Gasteiger partial charge in [0, 0.05) is 17.5 Å². The van der Waals surface area contributed by atoms with Crippen LogP contribution in [-0.2, 0) is 16.0 Å². The minimum Gasteiger partial charge on any atom is -0.464 e. The van der Waals surface area contributed by atoms with Gasteiger partial charge in [-0.3, -0.25) is 9.78 Å². The average Bonchev–Trinajstić information content (AvgIpc) is 2.67. The summed E-state index contributed by atoms with van der Waals surface area (Å²) in [5.41, 5.74) is 1.80. The summed E-state index contributed by atoms with van der Waals surface area (Å²) in [5.74, 6) is 0. The van der Waals surface area contributed by atoms with Gasteiger partial charge in [0.05, 0.1) is 5.51 Å². The van der Waals surface area contributed by atoms with Crippen LogP contribution in [0.5, 0.6) is 0 Å². The molecule has 1 aromatic rings. The Morgan fingerprint density at radius 2 is 2.57 bits per heavy atom. The van der Waals surface area contributed by atoms with Crippen LogP contribution < -0.4 is 0 Å². The minimum absolute atomic E-state index is 0.0212. The second-order valence-electron chi connectivity index (χ2n) is 3.17. The molecule has 0 radical (unpaired) electrons. The van der Waals surface area contributed by atoms with E-state index in [4.69, 9.17) is 4.74 Å². The van der Waals surface area contributed by atoms with E-state index in [0.29, 0.717) is 6.47 Å². The normalized spacial score (nSPS) is 12.4. The van der Waals surface area contributed by atoms with Gasteiger partial charge in [0.15, 0.2) is 0 Å². The lowest BCUT2D eigenvalue weighted by molar-refractivity contribution is -0.133. The zero-order valence-corrected chi connectivity index (χ0v) is 9.13. The van der Waals surface area contributed by atoms with Crippen LogP contribution in [0.4, 0.5) is 0 Å². The molecule has 1 aromatic heterocycles. The number of carbonyl (C=O) groups is 1. The standard InChI is InChI=1S/C10H15NO2S/c1-2-3-4-9(13-8-12)5-10-6-11-7-14-10/h6-9H,2-5H2,1H3. The summed E-state index contributed by atoms with van der Waals surface area (Å²) < 4.78 is 5.02. The zero-order chi connectivity index (χ0) is 10.2. The van der Waals surface area contributed by atoms with Crippen molar-refractivity contribution in [3.05, 3.63) is 16.6 Å². The molecule has 0 amide bonds. The van der Waals surface area contributed by atoms with Crippen LogP contribution in [0.3, 0.4) is 0 Å². The second-order valence-corrected chi connectivity index (χ2v) is 4.14. The van der Waals surface area contributed by atoms with Gasteiger partial charge in [-0.2, -0.15) is 0 Å². The van der Waals surface area contributed by atoms with E-state index in [1.807, 2.05) is 6.20 Å². The Labute approximate surface area is 88.1 Å². The molecule has 0 fully saturated rings. The molecule has 0 aliphatic carbocycles. The average molecular weight is 213 g/mol. The first-order valence-electron chi connectivity index (χ1n) is 4.83. The van der Waals surface area contributed by atoms with E-state index < -0.39 is 0 Å². The minimum atomic E-state index is 0.0212. The first kappa shape index (κ1) is 11.2. The monoisotopic (exact) mass is 213 g/mol. The van der Waals surface area contributed by atoms with Crippen molar-refractivity contribution in [3.8, 4) is 0 Å². The molecule has 3 nitrogen and oxygen atoms in total. The van der Waals surface area contributed by atoms with Crippen LogP contribution in [0.2, 0.25) is 0 Å². The van der Waals surface area contributed by atoms with E-state index in [-0.39, 0.29) is 6.10 Å². The number of aromatic nitrogens is 1. The fourth-order valence-corrected chi connectivity index (χ4v) is 1.96. The summed E-state index contributed by atoms with van der Waals surface area (Å²) in [5, 5.41) is 0. The maximum absolute atomic E-state index is 10.3. The maximum Gasteiger partial charge on any atom is 0.293 e. The Morgan fingerprint density at radius 3 is 3.14 bits per heavy atom. The Balaban J connectivity index is 2.38. The van der Waals surface area contributed by atoms with Gasteiger partial charge in [-0.25, -0.2) is 0 Å². The number of carbonyl (C=O) groups excluding carboxylic acids is 1. The summed E-state index contributed by atoms with van der Waals surface area (Å²) in [7, 11) is 0.